The Morgan fingerprint density at radius 2 is 1.77 bits per heavy atom. The van der Waals surface area contributed by atoms with Crippen LogP contribution in [-0.4, -0.2) is 44.6 Å². The number of hydrogen-bond acceptors (Lipinski definition) is 3. The van der Waals surface area contributed by atoms with Gasteiger partial charge in [0, 0.05) is 41.0 Å². The lowest BCUT2D eigenvalue weighted by atomic mass is 9.89. The van der Waals surface area contributed by atoms with Gasteiger partial charge in [-0.25, -0.2) is 14.4 Å². The number of halogens is 1. The molecule has 0 aliphatic heterocycles. The minimum atomic E-state index is -0.230. The Bertz CT molecular complexity index is 1150. The molecule has 0 spiro atoms. The van der Waals surface area contributed by atoms with E-state index in [0.29, 0.717) is 12.1 Å². The first kappa shape index (κ1) is 19.0. The predicted molar refractivity (Wildman–Crippen MR) is 118 cm³/mol. The first-order valence-corrected chi connectivity index (χ1v) is 10.5. The monoisotopic (exact) mass is 403 g/mol. The van der Waals surface area contributed by atoms with Gasteiger partial charge < -0.3 is 14.5 Å². The number of aromatic nitrogens is 4. The molecule has 0 atom stereocenters. The number of nitrogens with one attached hydrogen (secondary N) is 1. The molecule has 154 valence electrons. The second kappa shape index (κ2) is 7.69. The van der Waals surface area contributed by atoms with Crippen LogP contribution in [0.25, 0.3) is 33.7 Å². The summed E-state index contributed by atoms with van der Waals surface area (Å²) >= 11 is 0. The molecule has 6 heteroatoms. The van der Waals surface area contributed by atoms with Crippen molar-refractivity contribution in [2.75, 3.05) is 14.1 Å². The molecule has 4 aromatic rings. The Labute approximate surface area is 175 Å². The van der Waals surface area contributed by atoms with Gasteiger partial charge in [-0.1, -0.05) is 0 Å². The Kier molecular flexibility index (Phi) is 4.87. The fourth-order valence-corrected chi connectivity index (χ4v) is 4.76. The highest BCUT2D eigenvalue weighted by Gasteiger charge is 2.28. The molecule has 1 aliphatic rings. The number of fused-ring (bicyclic) bond motifs is 1. The van der Waals surface area contributed by atoms with E-state index < -0.39 is 0 Å². The standard InChI is InChI=1S/C24H26FN5/c1-29(2)18-7-9-19(10-8-18)30-22(20-11-13-26-23-21(20)12-14-27-23)15-28-24(30)16-3-5-17(25)6-4-16/h3-6,11-15,18-19H,7-10H2,1-2H3,(H,26,27). The Balaban J connectivity index is 1.63. The molecule has 1 aromatic carbocycles. The normalized spacial score (nSPS) is 19.6. The molecule has 3 heterocycles. The number of H-pyrrole nitrogens is 1. The third-order valence-corrected chi connectivity index (χ3v) is 6.40. The van der Waals surface area contributed by atoms with Crippen LogP contribution >= 0.6 is 0 Å². The number of aromatic amines is 1. The first-order chi connectivity index (χ1) is 14.6. The number of pyridine rings is 1. The van der Waals surface area contributed by atoms with Gasteiger partial charge in [-0.3, -0.25) is 0 Å². The van der Waals surface area contributed by atoms with Crippen molar-refractivity contribution in [2.45, 2.75) is 37.8 Å². The van der Waals surface area contributed by atoms with Crippen LogP contribution in [0.15, 0.2) is 55.0 Å². The number of imidazole rings is 1. The molecule has 5 nitrogen and oxygen atoms in total. The van der Waals surface area contributed by atoms with E-state index in [-0.39, 0.29) is 5.82 Å². The molecule has 30 heavy (non-hydrogen) atoms. The molecular weight excluding hydrogens is 377 g/mol. The van der Waals surface area contributed by atoms with E-state index in [1.165, 1.54) is 12.1 Å². The maximum absolute atomic E-state index is 13.5. The lowest BCUT2D eigenvalue weighted by Gasteiger charge is -2.34. The molecule has 3 aromatic heterocycles. The summed E-state index contributed by atoms with van der Waals surface area (Å²) in [6, 6.07) is 11.8. The van der Waals surface area contributed by atoms with Crippen molar-refractivity contribution in [2.24, 2.45) is 0 Å². The second-order valence-corrected chi connectivity index (χ2v) is 8.37. The van der Waals surface area contributed by atoms with Gasteiger partial charge >= 0.3 is 0 Å². The highest BCUT2D eigenvalue weighted by Crippen LogP contribution is 2.39. The maximum Gasteiger partial charge on any atom is 0.140 e. The van der Waals surface area contributed by atoms with Crippen LogP contribution in [-0.2, 0) is 0 Å². The fraction of sp³-hybridized carbons (Fsp3) is 0.333. The number of benzene rings is 1. The summed E-state index contributed by atoms with van der Waals surface area (Å²) < 4.78 is 15.9. The maximum atomic E-state index is 13.5. The van der Waals surface area contributed by atoms with Crippen LogP contribution in [0.5, 0.6) is 0 Å². The average Bonchev–Trinajstić information content (AvgIpc) is 3.41. The van der Waals surface area contributed by atoms with Crippen molar-refractivity contribution in [3.63, 3.8) is 0 Å². The summed E-state index contributed by atoms with van der Waals surface area (Å²) in [6.45, 7) is 0. The van der Waals surface area contributed by atoms with Crippen LogP contribution in [0.1, 0.15) is 31.7 Å². The average molecular weight is 404 g/mol. The Morgan fingerprint density at radius 1 is 1.00 bits per heavy atom. The largest absolute Gasteiger partial charge is 0.346 e. The predicted octanol–water partition coefficient (Wildman–Crippen LogP) is 5.28. The topological polar surface area (TPSA) is 49.7 Å². The van der Waals surface area contributed by atoms with Gasteiger partial charge in [-0.2, -0.15) is 0 Å². The van der Waals surface area contributed by atoms with Gasteiger partial charge in [0.2, 0.25) is 0 Å². The van der Waals surface area contributed by atoms with Crippen molar-refractivity contribution in [1.82, 2.24) is 24.4 Å². The summed E-state index contributed by atoms with van der Waals surface area (Å²) in [6.07, 6.45) is 10.2. The van der Waals surface area contributed by atoms with Crippen LogP contribution in [0.3, 0.4) is 0 Å². The molecular formula is C24H26FN5. The van der Waals surface area contributed by atoms with Crippen LogP contribution in [0.4, 0.5) is 4.39 Å². The van der Waals surface area contributed by atoms with Crippen LogP contribution < -0.4 is 0 Å². The van der Waals surface area contributed by atoms with Gasteiger partial charge in [-0.15, -0.1) is 0 Å². The van der Waals surface area contributed by atoms with Crippen molar-refractivity contribution in [1.29, 1.82) is 0 Å². The molecule has 0 unspecified atom stereocenters. The van der Waals surface area contributed by atoms with E-state index in [1.807, 2.05) is 30.7 Å². The molecule has 0 radical (unpaired) electrons. The molecule has 1 fully saturated rings. The third-order valence-electron chi connectivity index (χ3n) is 6.40. The van der Waals surface area contributed by atoms with Gasteiger partial charge in [-0.05, 0) is 76.2 Å². The number of hydrogen-bond donors (Lipinski definition) is 1. The van der Waals surface area contributed by atoms with Gasteiger partial charge in [0.05, 0.1) is 11.9 Å². The Morgan fingerprint density at radius 3 is 2.50 bits per heavy atom. The zero-order valence-corrected chi connectivity index (χ0v) is 17.3. The minimum absolute atomic E-state index is 0.230. The summed E-state index contributed by atoms with van der Waals surface area (Å²) in [4.78, 5) is 14.8. The highest BCUT2D eigenvalue weighted by molar-refractivity contribution is 5.92. The second-order valence-electron chi connectivity index (χ2n) is 8.37. The van der Waals surface area contributed by atoms with Crippen molar-refractivity contribution >= 4 is 11.0 Å². The quantitative estimate of drug-likeness (QED) is 0.504. The summed E-state index contributed by atoms with van der Waals surface area (Å²) in [5, 5.41) is 1.09. The zero-order chi connectivity index (χ0) is 20.7. The molecule has 1 aliphatic carbocycles. The third kappa shape index (κ3) is 3.31. The number of nitrogens with zero attached hydrogens (tertiary/aromatic N) is 4. The molecule has 1 N–H and O–H groups in total. The SMILES string of the molecule is CN(C)C1CCC(n2c(-c3ccnc4[nH]ccc34)cnc2-c2ccc(F)cc2)CC1. The van der Waals surface area contributed by atoms with E-state index in [4.69, 9.17) is 4.98 Å². The summed E-state index contributed by atoms with van der Waals surface area (Å²) in [5.74, 6) is 0.672. The van der Waals surface area contributed by atoms with Crippen molar-refractivity contribution in [3.05, 3.63) is 60.8 Å². The van der Waals surface area contributed by atoms with Crippen molar-refractivity contribution in [3.8, 4) is 22.6 Å². The van der Waals surface area contributed by atoms with E-state index in [0.717, 1.165) is 59.4 Å². The van der Waals surface area contributed by atoms with Gasteiger partial charge in [0.15, 0.2) is 0 Å². The van der Waals surface area contributed by atoms with Crippen LogP contribution in [0.2, 0.25) is 0 Å². The molecule has 0 amide bonds. The molecule has 0 saturated heterocycles. The fourth-order valence-electron chi connectivity index (χ4n) is 4.76. The number of rotatable bonds is 4. The minimum Gasteiger partial charge on any atom is -0.346 e. The van der Waals surface area contributed by atoms with Crippen molar-refractivity contribution < 1.29 is 4.39 Å². The van der Waals surface area contributed by atoms with Gasteiger partial charge in [0.25, 0.3) is 0 Å². The van der Waals surface area contributed by atoms with E-state index in [1.54, 1.807) is 0 Å². The van der Waals surface area contributed by atoms with Crippen LogP contribution in [0, 0.1) is 5.82 Å². The zero-order valence-electron chi connectivity index (χ0n) is 17.3. The summed E-state index contributed by atoms with van der Waals surface area (Å²) in [5.41, 5.74) is 4.03. The Hall–Kier alpha value is -2.99. The first-order valence-electron chi connectivity index (χ1n) is 10.5. The van der Waals surface area contributed by atoms with E-state index in [2.05, 4.69) is 45.7 Å². The summed E-state index contributed by atoms with van der Waals surface area (Å²) in [7, 11) is 4.33. The molecule has 1 saturated carbocycles. The molecule has 0 bridgehead atoms. The lowest BCUT2D eigenvalue weighted by Crippen LogP contribution is -2.33. The smallest absolute Gasteiger partial charge is 0.140 e. The van der Waals surface area contributed by atoms with E-state index in [9.17, 15) is 4.39 Å². The molecule has 5 rings (SSSR count). The lowest BCUT2D eigenvalue weighted by molar-refractivity contribution is 0.196. The van der Waals surface area contributed by atoms with E-state index >= 15 is 0 Å². The highest BCUT2D eigenvalue weighted by atomic mass is 19.1. The van der Waals surface area contributed by atoms with Gasteiger partial charge in [0.1, 0.15) is 17.3 Å².